The molecule has 4 nitrogen and oxygen atoms in total. The molecule has 0 bridgehead atoms. The van der Waals surface area contributed by atoms with Crippen LogP contribution in [0.4, 0.5) is 5.69 Å². The second kappa shape index (κ2) is 5.32. The van der Waals surface area contributed by atoms with Gasteiger partial charge in [-0.25, -0.2) is 4.79 Å². The predicted octanol–water partition coefficient (Wildman–Crippen LogP) is 4.05. The zero-order valence-electron chi connectivity index (χ0n) is 11.6. The van der Waals surface area contributed by atoms with E-state index in [1.807, 2.05) is 30.3 Å². The quantitative estimate of drug-likeness (QED) is 0.757. The van der Waals surface area contributed by atoms with Crippen LogP contribution in [0.1, 0.15) is 21.5 Å². The van der Waals surface area contributed by atoms with Crippen molar-refractivity contribution in [3.8, 4) is 0 Å². The van der Waals surface area contributed by atoms with Gasteiger partial charge in [0, 0.05) is 23.2 Å². The summed E-state index contributed by atoms with van der Waals surface area (Å²) in [4.78, 5) is 11.1. The maximum absolute atomic E-state index is 11.1. The topological polar surface area (TPSA) is 62.5 Å². The Kier molecular flexibility index (Phi) is 3.36. The standard InChI is InChI=1S/C17H15NO3/c1-11-13(17(19)20)6-4-7-15(11)18-9-12-10-21-16-8-3-2-5-14(12)16/h2-8,10,18H,9H2,1H3,(H,19,20). The third kappa shape index (κ3) is 2.48. The van der Waals surface area contributed by atoms with Gasteiger partial charge in [0.05, 0.1) is 11.8 Å². The molecule has 0 radical (unpaired) electrons. The van der Waals surface area contributed by atoms with E-state index in [-0.39, 0.29) is 0 Å². The molecule has 0 aliphatic carbocycles. The number of carboxylic acids is 1. The summed E-state index contributed by atoms with van der Waals surface area (Å²) in [6, 6.07) is 13.1. The van der Waals surface area contributed by atoms with Crippen molar-refractivity contribution in [3.05, 3.63) is 65.4 Å². The molecule has 1 aromatic heterocycles. The lowest BCUT2D eigenvalue weighted by Crippen LogP contribution is -2.05. The maximum Gasteiger partial charge on any atom is 0.336 e. The van der Waals surface area contributed by atoms with E-state index in [9.17, 15) is 4.79 Å². The van der Waals surface area contributed by atoms with Crippen LogP contribution in [-0.4, -0.2) is 11.1 Å². The van der Waals surface area contributed by atoms with Crippen LogP contribution in [0.15, 0.2) is 53.1 Å². The fourth-order valence-corrected chi connectivity index (χ4v) is 2.42. The van der Waals surface area contributed by atoms with Gasteiger partial charge in [-0.1, -0.05) is 24.3 Å². The fraction of sp³-hybridized carbons (Fsp3) is 0.118. The minimum atomic E-state index is -0.912. The molecule has 4 heteroatoms. The van der Waals surface area contributed by atoms with E-state index >= 15 is 0 Å². The van der Waals surface area contributed by atoms with Crippen molar-refractivity contribution in [2.75, 3.05) is 5.32 Å². The monoisotopic (exact) mass is 281 g/mol. The highest BCUT2D eigenvalue weighted by molar-refractivity contribution is 5.91. The first-order valence-electron chi connectivity index (χ1n) is 6.68. The number of carbonyl (C=O) groups is 1. The summed E-state index contributed by atoms with van der Waals surface area (Å²) in [6.07, 6.45) is 1.73. The first kappa shape index (κ1) is 13.2. The molecular formula is C17H15NO3. The van der Waals surface area contributed by atoms with Crippen LogP contribution < -0.4 is 5.32 Å². The number of anilines is 1. The molecule has 0 unspecified atom stereocenters. The predicted molar refractivity (Wildman–Crippen MR) is 81.7 cm³/mol. The summed E-state index contributed by atoms with van der Waals surface area (Å²) in [6.45, 7) is 2.39. The third-order valence-corrected chi connectivity index (χ3v) is 3.59. The Morgan fingerprint density at radius 3 is 2.81 bits per heavy atom. The van der Waals surface area contributed by atoms with Gasteiger partial charge in [0.2, 0.25) is 0 Å². The van der Waals surface area contributed by atoms with Gasteiger partial charge in [-0.15, -0.1) is 0 Å². The average Bonchev–Trinajstić information content (AvgIpc) is 2.89. The number of aromatic carboxylic acids is 1. The van der Waals surface area contributed by atoms with E-state index in [2.05, 4.69) is 5.32 Å². The van der Waals surface area contributed by atoms with Gasteiger partial charge in [-0.05, 0) is 30.7 Å². The van der Waals surface area contributed by atoms with Crippen LogP contribution in [0, 0.1) is 6.92 Å². The SMILES string of the molecule is Cc1c(NCc2coc3ccccc23)cccc1C(=O)O. The minimum absolute atomic E-state index is 0.317. The number of benzene rings is 2. The van der Waals surface area contributed by atoms with Gasteiger partial charge in [0.15, 0.2) is 0 Å². The smallest absolute Gasteiger partial charge is 0.336 e. The van der Waals surface area contributed by atoms with Crippen molar-refractivity contribution in [1.29, 1.82) is 0 Å². The summed E-state index contributed by atoms with van der Waals surface area (Å²) in [5.74, 6) is -0.912. The summed E-state index contributed by atoms with van der Waals surface area (Å²) in [5, 5.41) is 13.5. The highest BCUT2D eigenvalue weighted by Gasteiger charge is 2.10. The van der Waals surface area contributed by atoms with E-state index in [4.69, 9.17) is 9.52 Å². The minimum Gasteiger partial charge on any atom is -0.478 e. The van der Waals surface area contributed by atoms with Gasteiger partial charge in [0.1, 0.15) is 5.58 Å². The van der Waals surface area contributed by atoms with Crippen molar-refractivity contribution < 1.29 is 14.3 Å². The molecule has 0 amide bonds. The molecule has 0 aliphatic heterocycles. The lowest BCUT2D eigenvalue weighted by atomic mass is 10.1. The first-order chi connectivity index (χ1) is 10.2. The van der Waals surface area contributed by atoms with E-state index in [1.54, 1.807) is 25.3 Å². The van der Waals surface area contributed by atoms with Gasteiger partial charge in [0.25, 0.3) is 0 Å². The van der Waals surface area contributed by atoms with Crippen molar-refractivity contribution in [1.82, 2.24) is 0 Å². The zero-order valence-corrected chi connectivity index (χ0v) is 11.6. The van der Waals surface area contributed by atoms with Crippen LogP contribution >= 0.6 is 0 Å². The number of para-hydroxylation sites is 1. The summed E-state index contributed by atoms with van der Waals surface area (Å²) >= 11 is 0. The normalized spacial score (nSPS) is 10.7. The Hall–Kier alpha value is -2.75. The van der Waals surface area contributed by atoms with E-state index in [1.165, 1.54) is 0 Å². The van der Waals surface area contributed by atoms with Crippen molar-refractivity contribution in [2.24, 2.45) is 0 Å². The molecule has 21 heavy (non-hydrogen) atoms. The molecule has 0 atom stereocenters. The molecule has 0 spiro atoms. The van der Waals surface area contributed by atoms with Crippen LogP contribution in [-0.2, 0) is 6.54 Å². The maximum atomic E-state index is 11.1. The van der Waals surface area contributed by atoms with Gasteiger partial charge < -0.3 is 14.8 Å². The number of carboxylic acid groups (broad SMARTS) is 1. The van der Waals surface area contributed by atoms with Crippen molar-refractivity contribution in [2.45, 2.75) is 13.5 Å². The molecule has 0 aliphatic rings. The van der Waals surface area contributed by atoms with Gasteiger partial charge in [-0.2, -0.15) is 0 Å². The van der Waals surface area contributed by atoms with E-state index in [0.29, 0.717) is 12.1 Å². The Bertz CT molecular complexity index is 805. The Morgan fingerprint density at radius 1 is 1.19 bits per heavy atom. The zero-order chi connectivity index (χ0) is 14.8. The Balaban J connectivity index is 1.85. The fourth-order valence-electron chi connectivity index (χ4n) is 2.42. The van der Waals surface area contributed by atoms with Crippen molar-refractivity contribution >= 4 is 22.6 Å². The van der Waals surface area contributed by atoms with Crippen LogP contribution in [0.2, 0.25) is 0 Å². The molecule has 3 aromatic rings. The van der Waals surface area contributed by atoms with Gasteiger partial charge in [-0.3, -0.25) is 0 Å². The molecule has 0 fully saturated rings. The Labute approximate surface area is 122 Å². The molecule has 2 N–H and O–H groups in total. The van der Waals surface area contributed by atoms with Crippen LogP contribution in [0.25, 0.3) is 11.0 Å². The summed E-state index contributed by atoms with van der Waals surface area (Å²) in [7, 11) is 0. The van der Waals surface area contributed by atoms with Crippen molar-refractivity contribution in [3.63, 3.8) is 0 Å². The third-order valence-electron chi connectivity index (χ3n) is 3.59. The molecule has 2 aromatic carbocycles. The Morgan fingerprint density at radius 2 is 2.00 bits per heavy atom. The summed E-state index contributed by atoms with van der Waals surface area (Å²) < 4.78 is 5.50. The second-order valence-electron chi connectivity index (χ2n) is 4.89. The molecular weight excluding hydrogens is 266 g/mol. The molecule has 0 saturated carbocycles. The number of hydrogen-bond acceptors (Lipinski definition) is 3. The van der Waals surface area contributed by atoms with Gasteiger partial charge >= 0.3 is 5.97 Å². The number of nitrogens with one attached hydrogen (secondary N) is 1. The molecule has 1 heterocycles. The highest BCUT2D eigenvalue weighted by Crippen LogP contribution is 2.24. The van der Waals surface area contributed by atoms with Crippen LogP contribution in [0.3, 0.4) is 0 Å². The first-order valence-corrected chi connectivity index (χ1v) is 6.68. The number of furan rings is 1. The number of hydrogen-bond donors (Lipinski definition) is 2. The molecule has 106 valence electrons. The van der Waals surface area contributed by atoms with Crippen LogP contribution in [0.5, 0.6) is 0 Å². The average molecular weight is 281 g/mol. The van der Waals surface area contributed by atoms with E-state index in [0.717, 1.165) is 27.8 Å². The second-order valence-corrected chi connectivity index (χ2v) is 4.89. The number of rotatable bonds is 4. The lowest BCUT2D eigenvalue weighted by Gasteiger charge is -2.10. The number of fused-ring (bicyclic) bond motifs is 1. The lowest BCUT2D eigenvalue weighted by molar-refractivity contribution is 0.0696. The molecule has 3 rings (SSSR count). The summed E-state index contributed by atoms with van der Waals surface area (Å²) in [5.41, 5.74) is 3.77. The molecule has 0 saturated heterocycles. The largest absolute Gasteiger partial charge is 0.478 e. The highest BCUT2D eigenvalue weighted by atomic mass is 16.4. The van der Waals surface area contributed by atoms with E-state index < -0.39 is 5.97 Å².